The molecule has 2 atom stereocenters. The maximum absolute atomic E-state index is 14.0. The molecule has 1 aromatic carbocycles. The Morgan fingerprint density at radius 3 is 2.90 bits per heavy atom. The first-order valence-corrected chi connectivity index (χ1v) is 9.57. The highest BCUT2D eigenvalue weighted by Crippen LogP contribution is 2.30. The summed E-state index contributed by atoms with van der Waals surface area (Å²) in [7, 11) is -3.16. The second kappa shape index (κ2) is 6.73. The van der Waals surface area contributed by atoms with Gasteiger partial charge in [-0.05, 0) is 47.2 Å². The molecule has 4 nitrogen and oxygen atoms in total. The quantitative estimate of drug-likeness (QED) is 0.875. The summed E-state index contributed by atoms with van der Waals surface area (Å²) in [5.74, 6) is -0.164. The van der Waals surface area contributed by atoms with Gasteiger partial charge in [0.25, 0.3) is 0 Å². The number of hydrogen-bond acceptors (Lipinski definition) is 3. The minimum atomic E-state index is -3.16. The predicted molar refractivity (Wildman–Crippen MR) is 84.8 cm³/mol. The Labute approximate surface area is 133 Å². The van der Waals surface area contributed by atoms with E-state index >= 15 is 0 Å². The predicted octanol–water partition coefficient (Wildman–Crippen LogP) is 2.65. The van der Waals surface area contributed by atoms with Gasteiger partial charge in [0, 0.05) is 24.7 Å². The molecule has 1 aromatic rings. The van der Waals surface area contributed by atoms with Crippen molar-refractivity contribution in [3.63, 3.8) is 0 Å². The van der Waals surface area contributed by atoms with Crippen molar-refractivity contribution in [1.29, 1.82) is 0 Å². The first-order chi connectivity index (χ1) is 9.79. The van der Waals surface area contributed by atoms with Gasteiger partial charge in [-0.1, -0.05) is 12.1 Å². The van der Waals surface area contributed by atoms with E-state index in [1.807, 2.05) is 0 Å². The fraction of sp³-hybridized carbons (Fsp3) is 0.571. The monoisotopic (exact) mass is 378 g/mol. The molecule has 0 aromatic heterocycles. The molecule has 0 radical (unpaired) electrons. The van der Waals surface area contributed by atoms with E-state index in [9.17, 15) is 12.8 Å². The Morgan fingerprint density at radius 1 is 1.52 bits per heavy atom. The van der Waals surface area contributed by atoms with Crippen LogP contribution in [0.25, 0.3) is 0 Å². The smallest absolute Gasteiger partial charge is 0.211 e. The van der Waals surface area contributed by atoms with E-state index in [0.29, 0.717) is 29.5 Å². The molecule has 1 fully saturated rings. The van der Waals surface area contributed by atoms with Crippen LogP contribution in [0.1, 0.15) is 30.9 Å². The number of piperidine rings is 1. The first kappa shape index (κ1) is 16.9. The fourth-order valence-electron chi connectivity index (χ4n) is 2.81. The Morgan fingerprint density at radius 2 is 2.24 bits per heavy atom. The third-order valence-corrected chi connectivity index (χ3v) is 5.80. The second-order valence-electron chi connectivity index (χ2n) is 5.61. The largest absolute Gasteiger partial charge is 0.324 e. The lowest BCUT2D eigenvalue weighted by Crippen LogP contribution is -2.40. The van der Waals surface area contributed by atoms with Crippen LogP contribution in [0.3, 0.4) is 0 Å². The molecule has 0 aliphatic carbocycles. The number of benzene rings is 1. The number of nitrogens with zero attached hydrogens (tertiary/aromatic N) is 1. The molecular weight excluding hydrogens is 359 g/mol. The summed E-state index contributed by atoms with van der Waals surface area (Å²) in [5, 5.41) is 0. The van der Waals surface area contributed by atoms with Crippen LogP contribution in [0.2, 0.25) is 0 Å². The second-order valence-corrected chi connectivity index (χ2v) is 8.45. The molecule has 2 N–H and O–H groups in total. The Kier molecular flexibility index (Phi) is 5.40. The zero-order valence-corrected chi connectivity index (χ0v) is 14.3. The highest BCUT2D eigenvalue weighted by atomic mass is 79.9. The molecule has 21 heavy (non-hydrogen) atoms. The van der Waals surface area contributed by atoms with Crippen LogP contribution in [0.5, 0.6) is 0 Å². The average Bonchev–Trinajstić information content (AvgIpc) is 2.41. The third-order valence-electron chi connectivity index (χ3n) is 3.92. The number of hydrogen-bond donors (Lipinski definition) is 1. The molecule has 0 saturated carbocycles. The SMILES string of the molecule is CS(=O)(=O)N1CCCC(CC(N)c2cccc(Br)c2F)C1. The normalized spacial score (nSPS) is 22.2. The van der Waals surface area contributed by atoms with Crippen molar-refractivity contribution < 1.29 is 12.8 Å². The molecule has 1 saturated heterocycles. The highest BCUT2D eigenvalue weighted by molar-refractivity contribution is 9.10. The molecular formula is C14H20BrFN2O2S. The van der Waals surface area contributed by atoms with E-state index in [2.05, 4.69) is 15.9 Å². The van der Waals surface area contributed by atoms with E-state index < -0.39 is 16.1 Å². The zero-order chi connectivity index (χ0) is 15.6. The molecule has 2 unspecified atom stereocenters. The Bertz CT molecular complexity index is 609. The van der Waals surface area contributed by atoms with Gasteiger partial charge in [0.15, 0.2) is 0 Å². The van der Waals surface area contributed by atoms with Crippen molar-refractivity contribution in [2.75, 3.05) is 19.3 Å². The van der Waals surface area contributed by atoms with Crippen LogP contribution in [-0.2, 0) is 10.0 Å². The van der Waals surface area contributed by atoms with Gasteiger partial charge in [0.1, 0.15) is 5.82 Å². The van der Waals surface area contributed by atoms with E-state index in [1.54, 1.807) is 18.2 Å². The third kappa shape index (κ3) is 4.25. The summed E-state index contributed by atoms with van der Waals surface area (Å²) in [5.41, 5.74) is 6.59. The lowest BCUT2D eigenvalue weighted by atomic mass is 9.90. The van der Waals surface area contributed by atoms with Gasteiger partial charge in [0.05, 0.1) is 10.7 Å². The Balaban J connectivity index is 2.06. The molecule has 0 bridgehead atoms. The summed E-state index contributed by atoms with van der Waals surface area (Å²) in [4.78, 5) is 0. The van der Waals surface area contributed by atoms with Crippen molar-refractivity contribution in [2.24, 2.45) is 11.7 Å². The standard InChI is InChI=1S/C14H20BrFN2O2S/c1-21(19,20)18-7-3-4-10(9-18)8-13(17)11-5-2-6-12(15)14(11)16/h2,5-6,10,13H,3-4,7-9,17H2,1H3. The maximum Gasteiger partial charge on any atom is 0.211 e. The number of rotatable bonds is 4. The van der Waals surface area contributed by atoms with Crippen molar-refractivity contribution in [3.8, 4) is 0 Å². The fourth-order valence-corrected chi connectivity index (χ4v) is 4.14. The van der Waals surface area contributed by atoms with Crippen LogP contribution in [0, 0.1) is 11.7 Å². The molecule has 1 aliphatic heterocycles. The summed E-state index contributed by atoms with van der Waals surface area (Å²) < 4.78 is 39.2. The lowest BCUT2D eigenvalue weighted by molar-refractivity contribution is 0.246. The van der Waals surface area contributed by atoms with Gasteiger partial charge < -0.3 is 5.73 Å². The summed E-state index contributed by atoms with van der Waals surface area (Å²) in [6.45, 7) is 1.04. The highest BCUT2D eigenvalue weighted by Gasteiger charge is 2.28. The molecule has 2 rings (SSSR count). The van der Waals surface area contributed by atoms with Gasteiger partial charge in [-0.25, -0.2) is 17.1 Å². The van der Waals surface area contributed by atoms with Crippen LogP contribution in [0.15, 0.2) is 22.7 Å². The van der Waals surface area contributed by atoms with E-state index in [0.717, 1.165) is 12.8 Å². The van der Waals surface area contributed by atoms with Crippen LogP contribution in [0.4, 0.5) is 4.39 Å². The molecule has 0 amide bonds. The van der Waals surface area contributed by atoms with Gasteiger partial charge in [-0.2, -0.15) is 0 Å². The van der Waals surface area contributed by atoms with E-state index in [1.165, 1.54) is 10.6 Å². The van der Waals surface area contributed by atoms with Crippen LogP contribution in [-0.4, -0.2) is 32.1 Å². The average molecular weight is 379 g/mol. The first-order valence-electron chi connectivity index (χ1n) is 6.93. The van der Waals surface area contributed by atoms with Crippen molar-refractivity contribution in [1.82, 2.24) is 4.31 Å². The van der Waals surface area contributed by atoms with Gasteiger partial charge in [0.2, 0.25) is 10.0 Å². The van der Waals surface area contributed by atoms with E-state index in [4.69, 9.17) is 5.73 Å². The lowest BCUT2D eigenvalue weighted by Gasteiger charge is -2.32. The van der Waals surface area contributed by atoms with E-state index in [-0.39, 0.29) is 11.7 Å². The Hall–Kier alpha value is -0.500. The van der Waals surface area contributed by atoms with Gasteiger partial charge >= 0.3 is 0 Å². The number of halogens is 2. The molecule has 118 valence electrons. The molecule has 7 heteroatoms. The van der Waals surface area contributed by atoms with Crippen molar-refractivity contribution in [3.05, 3.63) is 34.1 Å². The van der Waals surface area contributed by atoms with Crippen molar-refractivity contribution >= 4 is 26.0 Å². The molecule has 0 spiro atoms. The number of sulfonamides is 1. The van der Waals surface area contributed by atoms with Gasteiger partial charge in [-0.15, -0.1) is 0 Å². The topological polar surface area (TPSA) is 63.4 Å². The maximum atomic E-state index is 14.0. The minimum Gasteiger partial charge on any atom is -0.324 e. The zero-order valence-electron chi connectivity index (χ0n) is 11.9. The summed E-state index contributed by atoms with van der Waals surface area (Å²) >= 11 is 3.16. The summed E-state index contributed by atoms with van der Waals surface area (Å²) in [6, 6.07) is 4.65. The van der Waals surface area contributed by atoms with Crippen LogP contribution >= 0.6 is 15.9 Å². The molecule has 1 heterocycles. The summed E-state index contributed by atoms with van der Waals surface area (Å²) in [6.07, 6.45) is 3.56. The van der Waals surface area contributed by atoms with Crippen molar-refractivity contribution in [2.45, 2.75) is 25.3 Å². The number of nitrogens with two attached hydrogens (primary N) is 1. The van der Waals surface area contributed by atoms with Gasteiger partial charge in [-0.3, -0.25) is 0 Å². The molecule has 1 aliphatic rings. The minimum absolute atomic E-state index is 0.168. The van der Waals surface area contributed by atoms with Crippen LogP contribution < -0.4 is 5.73 Å².